The highest BCUT2D eigenvalue weighted by molar-refractivity contribution is 6.22. The monoisotopic (exact) mass is 701 g/mol. The summed E-state index contributed by atoms with van der Waals surface area (Å²) in [5.41, 5.74) is 12.6. The van der Waals surface area contributed by atoms with Crippen molar-refractivity contribution in [1.82, 2.24) is 9.97 Å². The molecule has 0 fully saturated rings. The number of para-hydroxylation sites is 2. The van der Waals surface area contributed by atoms with Crippen LogP contribution in [0.25, 0.3) is 77.3 Å². The predicted octanol–water partition coefficient (Wildman–Crippen LogP) is 14.1. The molecular formula is C52H35N3. The molecule has 55 heavy (non-hydrogen) atoms. The summed E-state index contributed by atoms with van der Waals surface area (Å²) < 4.78 is 0. The Morgan fingerprint density at radius 2 is 0.855 bits per heavy atom. The first-order valence-electron chi connectivity index (χ1n) is 18.7. The Hall–Kier alpha value is -7.36. The molecule has 3 heteroatoms. The highest BCUT2D eigenvalue weighted by Gasteiger charge is 2.17. The molecule has 0 aliphatic carbocycles. The van der Waals surface area contributed by atoms with Crippen molar-refractivity contribution in [2.45, 2.75) is 0 Å². The summed E-state index contributed by atoms with van der Waals surface area (Å²) in [6, 6.07) is 75.0. The maximum absolute atomic E-state index is 5.40. The summed E-state index contributed by atoms with van der Waals surface area (Å²) in [6.45, 7) is 0. The van der Waals surface area contributed by atoms with Gasteiger partial charge < -0.3 is 4.90 Å². The van der Waals surface area contributed by atoms with E-state index in [-0.39, 0.29) is 0 Å². The third-order valence-electron chi connectivity index (χ3n) is 10.4. The van der Waals surface area contributed by atoms with Crippen LogP contribution in [0.2, 0.25) is 0 Å². The largest absolute Gasteiger partial charge is 0.311 e. The van der Waals surface area contributed by atoms with Crippen LogP contribution in [-0.2, 0) is 0 Å². The molecule has 10 rings (SSSR count). The van der Waals surface area contributed by atoms with E-state index in [9.17, 15) is 0 Å². The zero-order valence-corrected chi connectivity index (χ0v) is 30.0. The van der Waals surface area contributed by atoms with E-state index < -0.39 is 0 Å². The van der Waals surface area contributed by atoms with E-state index in [4.69, 9.17) is 9.97 Å². The molecule has 0 spiro atoms. The van der Waals surface area contributed by atoms with Gasteiger partial charge in [-0.2, -0.15) is 0 Å². The van der Waals surface area contributed by atoms with Crippen molar-refractivity contribution in [1.29, 1.82) is 0 Å². The zero-order valence-electron chi connectivity index (χ0n) is 30.0. The van der Waals surface area contributed by atoms with E-state index >= 15 is 0 Å². The number of hydrogen-bond acceptors (Lipinski definition) is 3. The summed E-state index contributed by atoms with van der Waals surface area (Å²) in [4.78, 5) is 12.9. The summed E-state index contributed by atoms with van der Waals surface area (Å²) in [7, 11) is 0. The minimum absolute atomic E-state index is 0.927. The van der Waals surface area contributed by atoms with Gasteiger partial charge in [-0.15, -0.1) is 0 Å². The Balaban J connectivity index is 1.14. The van der Waals surface area contributed by atoms with Gasteiger partial charge in [-0.1, -0.05) is 152 Å². The Morgan fingerprint density at radius 3 is 1.53 bits per heavy atom. The lowest BCUT2D eigenvalue weighted by molar-refractivity contribution is 1.28. The predicted molar refractivity (Wildman–Crippen MR) is 231 cm³/mol. The smallest absolute Gasteiger partial charge is 0.0788 e. The highest BCUT2D eigenvalue weighted by Crippen LogP contribution is 2.41. The van der Waals surface area contributed by atoms with Crippen LogP contribution < -0.4 is 4.90 Å². The molecule has 0 amide bonds. The van der Waals surface area contributed by atoms with Gasteiger partial charge in [-0.25, -0.2) is 9.97 Å². The van der Waals surface area contributed by atoms with Crippen LogP contribution in [0, 0.1) is 0 Å². The van der Waals surface area contributed by atoms with E-state index in [1.54, 1.807) is 0 Å². The summed E-state index contributed by atoms with van der Waals surface area (Å²) in [5.74, 6) is 0. The van der Waals surface area contributed by atoms with E-state index in [1.807, 2.05) is 6.07 Å². The number of anilines is 3. The van der Waals surface area contributed by atoms with Crippen LogP contribution >= 0.6 is 0 Å². The summed E-state index contributed by atoms with van der Waals surface area (Å²) in [5, 5.41) is 5.83. The van der Waals surface area contributed by atoms with Crippen LogP contribution in [0.15, 0.2) is 212 Å². The SMILES string of the molecule is c1ccc(-c2cc(-c3ccccc3)nc(-c3ccc4nc(-c5ccc(N(c6ccccc6)c6ccccc6)cc5)c5ccc6ccccc6c5c4c3)c2)cc1. The molecule has 0 saturated heterocycles. The first kappa shape index (κ1) is 32.3. The van der Waals surface area contributed by atoms with E-state index in [2.05, 4.69) is 211 Å². The minimum Gasteiger partial charge on any atom is -0.311 e. The van der Waals surface area contributed by atoms with Crippen molar-refractivity contribution in [3.05, 3.63) is 212 Å². The molecule has 0 radical (unpaired) electrons. The van der Waals surface area contributed by atoms with Gasteiger partial charge in [-0.05, 0) is 82.6 Å². The molecule has 10 aromatic rings. The average Bonchev–Trinajstić information content (AvgIpc) is 3.27. The fraction of sp³-hybridized carbons (Fsp3) is 0. The van der Waals surface area contributed by atoms with Crippen molar-refractivity contribution in [3.8, 4) is 44.9 Å². The Kier molecular flexibility index (Phi) is 8.16. The number of rotatable bonds is 7. The molecule has 0 aliphatic heterocycles. The van der Waals surface area contributed by atoms with Crippen molar-refractivity contribution >= 4 is 49.5 Å². The second-order valence-corrected chi connectivity index (χ2v) is 13.8. The molecular weight excluding hydrogens is 667 g/mol. The molecule has 0 aliphatic rings. The van der Waals surface area contributed by atoms with Crippen LogP contribution in [0.5, 0.6) is 0 Å². The number of nitrogens with zero attached hydrogens (tertiary/aromatic N) is 3. The van der Waals surface area contributed by atoms with Crippen LogP contribution in [-0.4, -0.2) is 9.97 Å². The fourth-order valence-electron chi connectivity index (χ4n) is 7.76. The van der Waals surface area contributed by atoms with Crippen molar-refractivity contribution in [3.63, 3.8) is 0 Å². The van der Waals surface area contributed by atoms with Gasteiger partial charge in [0.25, 0.3) is 0 Å². The number of hydrogen-bond donors (Lipinski definition) is 0. The molecule has 2 heterocycles. The first-order valence-corrected chi connectivity index (χ1v) is 18.7. The molecule has 2 aromatic heterocycles. The van der Waals surface area contributed by atoms with Gasteiger partial charge in [-0.3, -0.25) is 0 Å². The van der Waals surface area contributed by atoms with Crippen molar-refractivity contribution in [2.75, 3.05) is 4.90 Å². The topological polar surface area (TPSA) is 29.0 Å². The first-order chi connectivity index (χ1) is 27.3. The van der Waals surface area contributed by atoms with Gasteiger partial charge in [0.1, 0.15) is 0 Å². The number of benzene rings is 8. The maximum atomic E-state index is 5.40. The highest BCUT2D eigenvalue weighted by atomic mass is 15.1. The second-order valence-electron chi connectivity index (χ2n) is 13.8. The lowest BCUT2D eigenvalue weighted by Gasteiger charge is -2.25. The van der Waals surface area contributed by atoms with Gasteiger partial charge >= 0.3 is 0 Å². The minimum atomic E-state index is 0.927. The quantitative estimate of drug-likeness (QED) is 0.155. The average molecular weight is 702 g/mol. The van der Waals surface area contributed by atoms with Gasteiger partial charge in [0.2, 0.25) is 0 Å². The molecule has 3 nitrogen and oxygen atoms in total. The Bertz CT molecular complexity index is 2850. The molecule has 8 aromatic carbocycles. The standard InChI is InChI=1S/C52H35N3/c1-5-15-36(16-6-1)41-34-49(38-18-7-2-8-19-38)53-50(35-41)40-28-32-48-47(33-40)51-45-24-14-13-17-37(45)27-31-46(51)52(54-48)39-25-29-44(30-26-39)55(42-20-9-3-10-21-42)43-22-11-4-12-23-43/h1-35H. The van der Waals surface area contributed by atoms with Crippen LogP contribution in [0.3, 0.4) is 0 Å². The molecule has 0 atom stereocenters. The third-order valence-corrected chi connectivity index (χ3v) is 10.4. The number of pyridine rings is 2. The molecule has 0 bridgehead atoms. The molecule has 0 saturated carbocycles. The summed E-state index contributed by atoms with van der Waals surface area (Å²) in [6.07, 6.45) is 0. The maximum Gasteiger partial charge on any atom is 0.0788 e. The summed E-state index contributed by atoms with van der Waals surface area (Å²) >= 11 is 0. The molecule has 0 N–H and O–H groups in total. The molecule has 258 valence electrons. The second kappa shape index (κ2) is 13.9. The van der Waals surface area contributed by atoms with E-state index in [0.29, 0.717) is 0 Å². The third kappa shape index (κ3) is 6.08. The van der Waals surface area contributed by atoms with Crippen molar-refractivity contribution < 1.29 is 0 Å². The molecule has 0 unspecified atom stereocenters. The Morgan fingerprint density at radius 1 is 0.309 bits per heavy atom. The Labute approximate surface area is 320 Å². The number of fused-ring (bicyclic) bond motifs is 5. The van der Waals surface area contributed by atoms with E-state index in [1.165, 1.54) is 16.2 Å². The van der Waals surface area contributed by atoms with E-state index in [0.717, 1.165) is 78.3 Å². The lowest BCUT2D eigenvalue weighted by Crippen LogP contribution is -2.09. The zero-order chi connectivity index (χ0) is 36.6. The van der Waals surface area contributed by atoms with Gasteiger partial charge in [0, 0.05) is 49.9 Å². The fourth-order valence-corrected chi connectivity index (χ4v) is 7.76. The normalized spacial score (nSPS) is 11.3. The van der Waals surface area contributed by atoms with Crippen LogP contribution in [0.4, 0.5) is 17.1 Å². The van der Waals surface area contributed by atoms with Crippen LogP contribution in [0.1, 0.15) is 0 Å². The van der Waals surface area contributed by atoms with Gasteiger partial charge in [0.15, 0.2) is 0 Å². The number of aromatic nitrogens is 2. The van der Waals surface area contributed by atoms with Crippen molar-refractivity contribution in [2.24, 2.45) is 0 Å². The lowest BCUT2D eigenvalue weighted by atomic mass is 9.93. The van der Waals surface area contributed by atoms with Gasteiger partial charge in [0.05, 0.1) is 22.6 Å².